The molecule has 7 heteroatoms. The lowest BCUT2D eigenvalue weighted by atomic mass is 10.1. The Morgan fingerprint density at radius 3 is 2.66 bits per heavy atom. The molecule has 1 rings (SSSR count). The highest BCUT2D eigenvalue weighted by molar-refractivity contribution is 6.25. The van der Waals surface area contributed by atoms with E-state index in [0.29, 0.717) is 30.8 Å². The van der Waals surface area contributed by atoms with Crippen LogP contribution in [0.1, 0.15) is 70.5 Å². The highest BCUT2D eigenvalue weighted by Gasteiger charge is 2.08. The van der Waals surface area contributed by atoms with E-state index < -0.39 is 5.63 Å². The van der Waals surface area contributed by atoms with Crippen molar-refractivity contribution in [2.45, 2.75) is 77.2 Å². The van der Waals surface area contributed by atoms with Gasteiger partial charge in [-0.05, 0) is 24.8 Å². The molecule has 0 spiro atoms. The largest absolute Gasteiger partial charge is 0.496 e. The van der Waals surface area contributed by atoms with Crippen LogP contribution < -0.4 is 15.7 Å². The molecule has 0 aliphatic heterocycles. The molecular weight excluding hydrogens is 430 g/mol. The third kappa shape index (κ3) is 12.7. The van der Waals surface area contributed by atoms with Crippen LogP contribution in [0.25, 0.3) is 0 Å². The smallest absolute Gasteiger partial charge is 0.339 e. The van der Waals surface area contributed by atoms with E-state index >= 15 is 0 Å². The number of carbonyl (C=O) groups is 1. The molecule has 32 heavy (non-hydrogen) atoms. The third-order valence-corrected chi connectivity index (χ3v) is 5.47. The molecule has 6 nitrogen and oxygen atoms in total. The second-order valence-electron chi connectivity index (χ2n) is 7.81. The van der Waals surface area contributed by atoms with Crippen LogP contribution in [0.4, 0.5) is 0 Å². The van der Waals surface area contributed by atoms with Crippen LogP contribution in [0.3, 0.4) is 0 Å². The van der Waals surface area contributed by atoms with Crippen LogP contribution in [0.5, 0.6) is 5.75 Å². The number of hydrogen-bond donors (Lipinski definition) is 1. The molecule has 0 aliphatic rings. The lowest BCUT2D eigenvalue weighted by Gasteiger charge is -2.12. The van der Waals surface area contributed by atoms with Crippen LogP contribution >= 0.6 is 11.6 Å². The summed E-state index contributed by atoms with van der Waals surface area (Å²) in [5, 5.41) is 2.85. The van der Waals surface area contributed by atoms with Crippen LogP contribution in [0.15, 0.2) is 44.6 Å². The molecular formula is C25H38ClNO5. The van der Waals surface area contributed by atoms with Gasteiger partial charge < -0.3 is 19.2 Å². The van der Waals surface area contributed by atoms with Gasteiger partial charge in [0, 0.05) is 38.1 Å². The molecule has 0 fully saturated rings. The highest BCUT2D eigenvalue weighted by Crippen LogP contribution is 2.14. The Balaban J connectivity index is 2.29. The van der Waals surface area contributed by atoms with Crippen molar-refractivity contribution in [3.8, 4) is 5.75 Å². The van der Waals surface area contributed by atoms with Crippen molar-refractivity contribution in [1.82, 2.24) is 5.32 Å². The van der Waals surface area contributed by atoms with Crippen molar-refractivity contribution in [3.05, 3.63) is 51.6 Å². The van der Waals surface area contributed by atoms with Crippen molar-refractivity contribution < 1.29 is 18.7 Å². The number of carbonyl (C=O) groups excluding carboxylic acids is 1. The lowest BCUT2D eigenvalue weighted by molar-refractivity contribution is -0.120. The fraction of sp³-hybridized carbons (Fsp3) is 0.600. The summed E-state index contributed by atoms with van der Waals surface area (Å²) in [5.74, 6) is 0.793. The van der Waals surface area contributed by atoms with Gasteiger partial charge in [0.05, 0.1) is 19.3 Å². The van der Waals surface area contributed by atoms with Gasteiger partial charge in [0.25, 0.3) is 0 Å². The van der Waals surface area contributed by atoms with Gasteiger partial charge in [0.15, 0.2) is 0 Å². The molecule has 1 atom stereocenters. The van der Waals surface area contributed by atoms with E-state index in [-0.39, 0.29) is 18.6 Å². The maximum atomic E-state index is 12.1. The molecule has 0 saturated carbocycles. The maximum absolute atomic E-state index is 12.1. The number of hydrogen-bond acceptors (Lipinski definition) is 5. The van der Waals surface area contributed by atoms with Crippen molar-refractivity contribution in [3.63, 3.8) is 0 Å². The molecule has 1 amide bonds. The summed E-state index contributed by atoms with van der Waals surface area (Å²) in [6.07, 6.45) is 14.0. The predicted octanol–water partition coefficient (Wildman–Crippen LogP) is 5.53. The van der Waals surface area contributed by atoms with Gasteiger partial charge in [-0.25, -0.2) is 4.79 Å². The standard InChI is InChI=1S/C25H38ClNO5/c1-4-5-6-7-9-12-21(30-2)13-10-8-11-14-24(28)27-19-20(18-26)15-23-16-22(31-3)17-25(29)32-23/h8,10,16-18,21H,4-7,9,11-15,19H2,1-3H3,(H,27,28)/b10-8+,20-18+. The minimum atomic E-state index is -0.490. The van der Waals surface area contributed by atoms with Crippen LogP contribution in [0, 0.1) is 0 Å². The normalized spacial score (nSPS) is 12.8. The second kappa shape index (κ2) is 17.5. The Labute approximate surface area is 197 Å². The molecule has 1 aromatic heterocycles. The van der Waals surface area contributed by atoms with E-state index in [1.54, 1.807) is 13.2 Å². The average Bonchev–Trinajstić information content (AvgIpc) is 2.79. The lowest BCUT2D eigenvalue weighted by Crippen LogP contribution is -2.25. The number of amides is 1. The molecule has 0 radical (unpaired) electrons. The monoisotopic (exact) mass is 467 g/mol. The molecule has 0 saturated heterocycles. The highest BCUT2D eigenvalue weighted by atomic mass is 35.5. The third-order valence-electron chi connectivity index (χ3n) is 5.17. The first-order valence-corrected chi connectivity index (χ1v) is 11.9. The summed E-state index contributed by atoms with van der Waals surface area (Å²) in [7, 11) is 3.24. The molecule has 1 aromatic rings. The number of allylic oxidation sites excluding steroid dienone is 1. The van der Waals surface area contributed by atoms with E-state index in [4.69, 9.17) is 25.5 Å². The first-order valence-electron chi connectivity index (χ1n) is 11.4. The van der Waals surface area contributed by atoms with E-state index in [1.165, 1.54) is 50.8 Å². The predicted molar refractivity (Wildman–Crippen MR) is 129 cm³/mol. The zero-order valence-electron chi connectivity index (χ0n) is 19.7. The number of methoxy groups -OCH3 is 2. The second-order valence-corrected chi connectivity index (χ2v) is 8.03. The minimum Gasteiger partial charge on any atom is -0.496 e. The molecule has 0 aromatic carbocycles. The quantitative estimate of drug-likeness (QED) is 0.240. The number of nitrogens with one attached hydrogen (secondary N) is 1. The van der Waals surface area contributed by atoms with E-state index in [0.717, 1.165) is 18.4 Å². The van der Waals surface area contributed by atoms with Gasteiger partial charge in [-0.1, -0.05) is 62.8 Å². The first-order chi connectivity index (χ1) is 15.5. The van der Waals surface area contributed by atoms with Gasteiger partial charge >= 0.3 is 5.63 Å². The molecule has 0 aliphatic carbocycles. The van der Waals surface area contributed by atoms with Crippen LogP contribution in [0.2, 0.25) is 0 Å². The van der Waals surface area contributed by atoms with Gasteiger partial charge in [0.1, 0.15) is 11.5 Å². The number of ether oxygens (including phenoxy) is 2. The number of unbranched alkanes of at least 4 members (excludes halogenated alkanes) is 4. The molecule has 1 heterocycles. The molecule has 1 unspecified atom stereocenters. The van der Waals surface area contributed by atoms with Gasteiger partial charge in [0.2, 0.25) is 5.91 Å². The zero-order valence-corrected chi connectivity index (χ0v) is 20.4. The molecule has 1 N–H and O–H groups in total. The Hall–Kier alpha value is -2.05. The topological polar surface area (TPSA) is 77.8 Å². The Morgan fingerprint density at radius 1 is 1.19 bits per heavy atom. The van der Waals surface area contributed by atoms with Crippen molar-refractivity contribution in [2.24, 2.45) is 0 Å². The summed E-state index contributed by atoms with van der Waals surface area (Å²) >= 11 is 5.88. The summed E-state index contributed by atoms with van der Waals surface area (Å²) in [6.45, 7) is 2.51. The number of halogens is 1. The van der Waals surface area contributed by atoms with Gasteiger partial charge in [-0.15, -0.1) is 0 Å². The van der Waals surface area contributed by atoms with Gasteiger partial charge in [-0.2, -0.15) is 0 Å². The zero-order chi connectivity index (χ0) is 23.6. The fourth-order valence-corrected chi connectivity index (χ4v) is 3.42. The fourth-order valence-electron chi connectivity index (χ4n) is 3.26. The van der Waals surface area contributed by atoms with Gasteiger partial charge in [-0.3, -0.25) is 4.79 Å². The van der Waals surface area contributed by atoms with Crippen molar-refractivity contribution in [2.75, 3.05) is 20.8 Å². The summed E-state index contributed by atoms with van der Waals surface area (Å²) in [4.78, 5) is 23.7. The van der Waals surface area contributed by atoms with Crippen molar-refractivity contribution >= 4 is 17.5 Å². The Morgan fingerprint density at radius 2 is 1.97 bits per heavy atom. The van der Waals surface area contributed by atoms with E-state index in [9.17, 15) is 9.59 Å². The summed E-state index contributed by atoms with van der Waals surface area (Å²) in [6, 6.07) is 2.90. The van der Waals surface area contributed by atoms with Crippen LogP contribution in [-0.2, 0) is 16.0 Å². The SMILES string of the molecule is CCCCCCCC(C/C=C/CCC(=O)NC/C(=C/Cl)Cc1cc(OC)cc(=O)o1)OC. The summed E-state index contributed by atoms with van der Waals surface area (Å²) < 4.78 is 15.8. The molecule has 180 valence electrons. The Bertz CT molecular complexity index is 772. The summed E-state index contributed by atoms with van der Waals surface area (Å²) in [5.41, 5.74) is 1.64. The first kappa shape index (κ1) is 28.0. The van der Waals surface area contributed by atoms with E-state index in [2.05, 4.69) is 18.3 Å². The van der Waals surface area contributed by atoms with Crippen LogP contribution in [-0.4, -0.2) is 32.8 Å². The maximum Gasteiger partial charge on any atom is 0.339 e. The molecule has 0 bridgehead atoms. The van der Waals surface area contributed by atoms with Crippen molar-refractivity contribution in [1.29, 1.82) is 0 Å². The number of rotatable bonds is 17. The van der Waals surface area contributed by atoms with E-state index in [1.807, 2.05) is 6.08 Å². The minimum absolute atomic E-state index is 0.0584. The Kier molecular flexibility index (Phi) is 15.3. The average molecular weight is 468 g/mol.